The van der Waals surface area contributed by atoms with Crippen molar-refractivity contribution >= 4 is 28.3 Å². The van der Waals surface area contributed by atoms with Crippen LogP contribution in [0.3, 0.4) is 0 Å². The summed E-state index contributed by atoms with van der Waals surface area (Å²) in [7, 11) is 0. The Balaban J connectivity index is 0.00000133. The van der Waals surface area contributed by atoms with Gasteiger partial charge in [-0.05, 0) is 37.9 Å². The predicted octanol–water partition coefficient (Wildman–Crippen LogP) is 3.34. The van der Waals surface area contributed by atoms with E-state index in [0.29, 0.717) is 12.1 Å². The fraction of sp³-hybridized carbons (Fsp3) is 0.571. The summed E-state index contributed by atoms with van der Waals surface area (Å²) >= 11 is 3.47. The van der Waals surface area contributed by atoms with Gasteiger partial charge in [0.2, 0.25) is 0 Å². The van der Waals surface area contributed by atoms with Crippen molar-refractivity contribution < 1.29 is 4.39 Å². The molecule has 1 saturated heterocycles. The highest BCUT2D eigenvalue weighted by Gasteiger charge is 2.35. The van der Waals surface area contributed by atoms with E-state index in [-0.39, 0.29) is 18.2 Å². The Labute approximate surface area is 128 Å². The van der Waals surface area contributed by atoms with Crippen molar-refractivity contribution in [3.8, 4) is 0 Å². The first-order chi connectivity index (χ1) is 8.75. The topological polar surface area (TPSA) is 15.3 Å². The van der Waals surface area contributed by atoms with E-state index >= 15 is 0 Å². The van der Waals surface area contributed by atoms with E-state index in [1.54, 1.807) is 12.1 Å². The number of benzene rings is 1. The van der Waals surface area contributed by atoms with Crippen LogP contribution in [0.15, 0.2) is 22.7 Å². The maximum absolute atomic E-state index is 13.9. The van der Waals surface area contributed by atoms with Crippen LogP contribution in [-0.4, -0.2) is 30.1 Å². The summed E-state index contributed by atoms with van der Waals surface area (Å²) in [6, 6.07) is 6.47. The van der Waals surface area contributed by atoms with E-state index in [9.17, 15) is 4.39 Å². The van der Waals surface area contributed by atoms with Crippen LogP contribution in [0.1, 0.15) is 24.8 Å². The van der Waals surface area contributed by atoms with E-state index < -0.39 is 0 Å². The van der Waals surface area contributed by atoms with Crippen LogP contribution in [-0.2, 0) is 6.54 Å². The Bertz CT molecular complexity index is 413. The first-order valence-electron chi connectivity index (χ1n) is 6.65. The van der Waals surface area contributed by atoms with Gasteiger partial charge in [0.15, 0.2) is 0 Å². The second-order valence-corrected chi connectivity index (χ2v) is 6.10. The number of rotatable bonds is 4. The summed E-state index contributed by atoms with van der Waals surface area (Å²) in [5.41, 5.74) is 0.802. The van der Waals surface area contributed by atoms with E-state index in [1.807, 2.05) is 6.07 Å². The van der Waals surface area contributed by atoms with Crippen LogP contribution >= 0.6 is 28.3 Å². The zero-order chi connectivity index (χ0) is 12.5. The van der Waals surface area contributed by atoms with E-state index in [1.165, 1.54) is 19.3 Å². The quantitative estimate of drug-likeness (QED) is 0.897. The smallest absolute Gasteiger partial charge is 0.128 e. The molecule has 1 N–H and O–H groups in total. The molecule has 1 aromatic rings. The number of halogens is 3. The molecule has 0 bridgehead atoms. The lowest BCUT2D eigenvalue weighted by Gasteiger charge is -2.28. The monoisotopic (exact) mass is 348 g/mol. The Morgan fingerprint density at radius 2 is 2.05 bits per heavy atom. The van der Waals surface area contributed by atoms with Crippen LogP contribution in [0.25, 0.3) is 0 Å². The summed E-state index contributed by atoms with van der Waals surface area (Å²) in [5, 5.41) is 3.40. The summed E-state index contributed by atoms with van der Waals surface area (Å²) in [6.45, 7) is 2.86. The molecule has 1 atom stereocenters. The summed E-state index contributed by atoms with van der Waals surface area (Å²) < 4.78 is 14.8. The minimum atomic E-state index is -0.0963. The van der Waals surface area contributed by atoms with Crippen molar-refractivity contribution in [3.63, 3.8) is 0 Å². The molecular formula is C14H19BrClFN2. The molecule has 1 aliphatic heterocycles. The van der Waals surface area contributed by atoms with Crippen molar-refractivity contribution in [1.82, 2.24) is 10.2 Å². The van der Waals surface area contributed by atoms with E-state index in [2.05, 4.69) is 26.1 Å². The highest BCUT2D eigenvalue weighted by Crippen LogP contribution is 2.33. The molecule has 1 heterocycles. The van der Waals surface area contributed by atoms with Gasteiger partial charge >= 0.3 is 0 Å². The van der Waals surface area contributed by atoms with Gasteiger partial charge in [-0.3, -0.25) is 4.90 Å². The highest BCUT2D eigenvalue weighted by molar-refractivity contribution is 9.10. The maximum Gasteiger partial charge on any atom is 0.128 e. The van der Waals surface area contributed by atoms with E-state index in [0.717, 1.165) is 29.7 Å². The molecule has 0 aromatic heterocycles. The second kappa shape index (κ2) is 6.53. The molecule has 19 heavy (non-hydrogen) atoms. The first kappa shape index (κ1) is 15.2. The van der Waals surface area contributed by atoms with Gasteiger partial charge in [0.1, 0.15) is 5.82 Å². The number of nitrogens with one attached hydrogen (secondary N) is 1. The Morgan fingerprint density at radius 3 is 2.63 bits per heavy atom. The molecule has 1 aliphatic carbocycles. The molecular weight excluding hydrogens is 331 g/mol. The van der Waals surface area contributed by atoms with Crippen molar-refractivity contribution in [2.45, 2.75) is 37.9 Å². The average Bonchev–Trinajstić information content (AvgIpc) is 3.04. The Morgan fingerprint density at radius 1 is 1.26 bits per heavy atom. The third kappa shape index (κ3) is 3.48. The highest BCUT2D eigenvalue weighted by atomic mass is 79.9. The van der Waals surface area contributed by atoms with Gasteiger partial charge in [-0.2, -0.15) is 0 Å². The van der Waals surface area contributed by atoms with Crippen molar-refractivity contribution in [2.75, 3.05) is 13.1 Å². The van der Waals surface area contributed by atoms with Gasteiger partial charge in [0, 0.05) is 35.2 Å². The van der Waals surface area contributed by atoms with E-state index in [4.69, 9.17) is 0 Å². The molecule has 1 aromatic carbocycles. The van der Waals surface area contributed by atoms with Crippen LogP contribution in [0.5, 0.6) is 0 Å². The molecule has 2 aliphatic rings. The maximum atomic E-state index is 13.9. The summed E-state index contributed by atoms with van der Waals surface area (Å²) in [6.07, 6.45) is 3.72. The normalized spacial score (nSPS) is 22.6. The minimum Gasteiger partial charge on any atom is -0.315 e. The zero-order valence-corrected chi connectivity index (χ0v) is 13.1. The SMILES string of the molecule is Cl.Fc1cccc(Br)c1CN(C1CC1)C1CCNC1. The lowest BCUT2D eigenvalue weighted by molar-refractivity contribution is 0.186. The predicted molar refractivity (Wildman–Crippen MR) is 81.2 cm³/mol. The van der Waals surface area contributed by atoms with Gasteiger partial charge in [-0.25, -0.2) is 4.39 Å². The fourth-order valence-electron chi connectivity index (χ4n) is 2.75. The molecule has 0 amide bonds. The first-order valence-corrected chi connectivity index (χ1v) is 7.44. The summed E-state index contributed by atoms with van der Waals surface area (Å²) in [5.74, 6) is -0.0963. The van der Waals surface area contributed by atoms with Gasteiger partial charge < -0.3 is 5.32 Å². The molecule has 1 saturated carbocycles. The largest absolute Gasteiger partial charge is 0.315 e. The molecule has 1 unspecified atom stereocenters. The molecule has 106 valence electrons. The van der Waals surface area contributed by atoms with Crippen molar-refractivity contribution in [2.24, 2.45) is 0 Å². The molecule has 2 fully saturated rings. The zero-order valence-electron chi connectivity index (χ0n) is 10.7. The number of hydrogen-bond acceptors (Lipinski definition) is 2. The van der Waals surface area contributed by atoms with Crippen LogP contribution < -0.4 is 5.32 Å². The third-order valence-corrected chi connectivity index (χ3v) is 4.66. The lowest BCUT2D eigenvalue weighted by Crippen LogP contribution is -2.38. The Kier molecular flexibility index (Phi) is 5.23. The van der Waals surface area contributed by atoms with Gasteiger partial charge in [0.25, 0.3) is 0 Å². The molecule has 0 radical (unpaired) electrons. The standard InChI is InChI=1S/C14H18BrFN2.ClH/c15-13-2-1-3-14(16)12(13)9-18(10-4-5-10)11-6-7-17-8-11;/h1-3,10-11,17H,4-9H2;1H. The summed E-state index contributed by atoms with van der Waals surface area (Å²) in [4.78, 5) is 2.49. The van der Waals surface area contributed by atoms with Crippen LogP contribution in [0.4, 0.5) is 4.39 Å². The number of hydrogen-bond donors (Lipinski definition) is 1. The minimum absolute atomic E-state index is 0. The fourth-order valence-corrected chi connectivity index (χ4v) is 3.22. The van der Waals surface area contributed by atoms with Crippen LogP contribution in [0, 0.1) is 5.82 Å². The Hall–Kier alpha value is -0.160. The van der Waals surface area contributed by atoms with Gasteiger partial charge in [-0.1, -0.05) is 22.0 Å². The van der Waals surface area contributed by atoms with Crippen LogP contribution in [0.2, 0.25) is 0 Å². The number of nitrogens with zero attached hydrogens (tertiary/aromatic N) is 1. The molecule has 2 nitrogen and oxygen atoms in total. The second-order valence-electron chi connectivity index (χ2n) is 5.25. The third-order valence-electron chi connectivity index (χ3n) is 3.92. The average molecular weight is 350 g/mol. The van der Waals surface area contributed by atoms with Gasteiger partial charge in [-0.15, -0.1) is 12.4 Å². The molecule has 3 rings (SSSR count). The van der Waals surface area contributed by atoms with Gasteiger partial charge in [0.05, 0.1) is 0 Å². The molecule has 5 heteroatoms. The van der Waals surface area contributed by atoms with Crippen molar-refractivity contribution in [3.05, 3.63) is 34.1 Å². The van der Waals surface area contributed by atoms with Crippen molar-refractivity contribution in [1.29, 1.82) is 0 Å². The lowest BCUT2D eigenvalue weighted by atomic mass is 10.1. The molecule has 0 spiro atoms.